The van der Waals surface area contributed by atoms with Gasteiger partial charge in [-0.25, -0.2) is 4.98 Å². The Morgan fingerprint density at radius 2 is 2.04 bits per heavy atom. The maximum Gasteiger partial charge on any atom is 0.252 e. The molecule has 27 heavy (non-hydrogen) atoms. The highest BCUT2D eigenvalue weighted by Gasteiger charge is 2.20. The summed E-state index contributed by atoms with van der Waals surface area (Å²) in [5, 5.41) is 3.21. The van der Waals surface area contributed by atoms with E-state index in [9.17, 15) is 4.79 Å². The van der Waals surface area contributed by atoms with E-state index in [0.717, 1.165) is 68.9 Å². The summed E-state index contributed by atoms with van der Waals surface area (Å²) in [5.41, 5.74) is 2.69. The van der Waals surface area contributed by atoms with Crippen LogP contribution in [0.2, 0.25) is 0 Å². The molecule has 6 nitrogen and oxygen atoms in total. The van der Waals surface area contributed by atoms with Crippen molar-refractivity contribution in [3.8, 4) is 0 Å². The summed E-state index contributed by atoms with van der Waals surface area (Å²) in [5.74, 6) is 1.12. The van der Waals surface area contributed by atoms with E-state index in [1.165, 1.54) is 0 Å². The number of carbonyl (C=O) groups excluding carboxylic acids is 1. The normalized spacial score (nSPS) is 16.0. The lowest BCUT2D eigenvalue weighted by Crippen LogP contribution is -2.43. The number of nitrogens with zero attached hydrogens (tertiary/aromatic N) is 4. The van der Waals surface area contributed by atoms with Crippen LogP contribution in [0.25, 0.3) is 5.65 Å². The zero-order chi connectivity index (χ0) is 19.4. The molecule has 1 N–H and O–H groups in total. The quantitative estimate of drug-likeness (QED) is 0.813. The first-order chi connectivity index (χ1) is 13.0. The number of fused-ring (bicyclic) bond motifs is 1. The van der Waals surface area contributed by atoms with E-state index in [1.54, 1.807) is 0 Å². The molecule has 2 aromatic heterocycles. The highest BCUT2D eigenvalue weighted by atomic mass is 16.1. The zero-order valence-corrected chi connectivity index (χ0v) is 17.2. The fraction of sp³-hybridized carbons (Fsp3) is 0.619. The van der Waals surface area contributed by atoms with Crippen LogP contribution in [0.3, 0.4) is 0 Å². The van der Waals surface area contributed by atoms with E-state index in [1.807, 2.05) is 18.3 Å². The summed E-state index contributed by atoms with van der Waals surface area (Å²) >= 11 is 0. The van der Waals surface area contributed by atoms with Crippen molar-refractivity contribution in [3.63, 3.8) is 0 Å². The van der Waals surface area contributed by atoms with Crippen molar-refractivity contribution in [2.45, 2.75) is 52.0 Å². The predicted molar refractivity (Wildman–Crippen MR) is 111 cm³/mol. The number of anilines is 1. The number of carbonyl (C=O) groups is 1. The smallest absolute Gasteiger partial charge is 0.252 e. The van der Waals surface area contributed by atoms with Gasteiger partial charge in [0.05, 0.1) is 11.3 Å². The Balaban J connectivity index is 1.83. The lowest BCUT2D eigenvalue weighted by Gasteiger charge is -2.29. The van der Waals surface area contributed by atoms with E-state index in [0.29, 0.717) is 5.56 Å². The number of piperidine rings is 1. The zero-order valence-electron chi connectivity index (χ0n) is 17.2. The molecule has 3 heterocycles. The maximum absolute atomic E-state index is 12.8. The molecule has 1 fully saturated rings. The SMILES string of the molecule is CCCCN(C)c1c(CC)nc2ccc(C(=O)NC3CCN(C)CC3)cn12. The Morgan fingerprint density at radius 3 is 2.70 bits per heavy atom. The topological polar surface area (TPSA) is 52.9 Å². The van der Waals surface area contributed by atoms with Crippen LogP contribution in [-0.4, -0.2) is 60.0 Å². The highest BCUT2D eigenvalue weighted by molar-refractivity contribution is 5.94. The van der Waals surface area contributed by atoms with Gasteiger partial charge in [0.1, 0.15) is 11.5 Å². The van der Waals surface area contributed by atoms with Gasteiger partial charge in [0.15, 0.2) is 0 Å². The van der Waals surface area contributed by atoms with Crippen LogP contribution < -0.4 is 10.2 Å². The second-order valence-electron chi connectivity index (χ2n) is 7.71. The average Bonchev–Trinajstić information content (AvgIpc) is 3.05. The fourth-order valence-corrected chi connectivity index (χ4v) is 3.78. The number of nitrogens with one attached hydrogen (secondary N) is 1. The minimum Gasteiger partial charge on any atom is -0.359 e. The van der Waals surface area contributed by atoms with E-state index in [2.05, 4.69) is 47.5 Å². The molecule has 2 aromatic rings. The summed E-state index contributed by atoms with van der Waals surface area (Å²) in [6, 6.07) is 4.12. The van der Waals surface area contributed by atoms with E-state index in [4.69, 9.17) is 4.98 Å². The first kappa shape index (κ1) is 19.7. The molecule has 6 heteroatoms. The standard InChI is InChI=1S/C21H33N5O/c1-5-7-12-25(4)21-18(6-2)23-19-9-8-16(15-26(19)21)20(27)22-17-10-13-24(3)14-11-17/h8-9,15,17H,5-7,10-14H2,1-4H3,(H,22,27). The highest BCUT2D eigenvalue weighted by Crippen LogP contribution is 2.23. The summed E-state index contributed by atoms with van der Waals surface area (Å²) in [4.78, 5) is 22.1. The third-order valence-corrected chi connectivity index (χ3v) is 5.52. The molecule has 148 valence electrons. The number of aryl methyl sites for hydroxylation is 1. The minimum atomic E-state index is 0.0142. The Bertz CT molecular complexity index is 776. The van der Waals surface area contributed by atoms with Crippen molar-refractivity contribution in [1.82, 2.24) is 19.6 Å². The van der Waals surface area contributed by atoms with E-state index in [-0.39, 0.29) is 11.9 Å². The predicted octanol–water partition coefficient (Wildman–Crippen LogP) is 2.96. The van der Waals surface area contributed by atoms with Crippen molar-refractivity contribution in [2.24, 2.45) is 0 Å². The maximum atomic E-state index is 12.8. The van der Waals surface area contributed by atoms with Gasteiger partial charge in [0, 0.05) is 25.8 Å². The molecule has 1 aliphatic rings. The Morgan fingerprint density at radius 1 is 1.30 bits per heavy atom. The van der Waals surface area contributed by atoms with Crippen LogP contribution in [0, 0.1) is 0 Å². The van der Waals surface area contributed by atoms with Crippen LogP contribution in [-0.2, 0) is 6.42 Å². The van der Waals surface area contributed by atoms with E-state index < -0.39 is 0 Å². The third kappa shape index (κ3) is 4.43. The summed E-state index contributed by atoms with van der Waals surface area (Å²) in [6.07, 6.45) is 7.16. The Hall–Kier alpha value is -2.08. The van der Waals surface area contributed by atoms with Crippen molar-refractivity contribution >= 4 is 17.4 Å². The Kier molecular flexibility index (Phi) is 6.37. The molecule has 0 atom stereocenters. The first-order valence-corrected chi connectivity index (χ1v) is 10.2. The van der Waals surface area contributed by atoms with Crippen LogP contribution in [0.15, 0.2) is 18.3 Å². The lowest BCUT2D eigenvalue weighted by molar-refractivity contribution is 0.0916. The van der Waals surface area contributed by atoms with E-state index >= 15 is 0 Å². The molecule has 1 saturated heterocycles. The number of likely N-dealkylation sites (tertiary alicyclic amines) is 1. The number of hydrogen-bond donors (Lipinski definition) is 1. The number of amides is 1. The number of imidazole rings is 1. The number of hydrogen-bond acceptors (Lipinski definition) is 4. The molecule has 0 aromatic carbocycles. The fourth-order valence-electron chi connectivity index (χ4n) is 3.78. The second kappa shape index (κ2) is 8.74. The van der Waals surface area contributed by atoms with Crippen molar-refractivity contribution < 1.29 is 4.79 Å². The molecule has 3 rings (SSSR count). The third-order valence-electron chi connectivity index (χ3n) is 5.52. The molecule has 0 bridgehead atoms. The molecule has 1 aliphatic heterocycles. The van der Waals surface area contributed by atoms with Gasteiger partial charge in [-0.15, -0.1) is 0 Å². The second-order valence-corrected chi connectivity index (χ2v) is 7.71. The van der Waals surface area contributed by atoms with Crippen LogP contribution in [0.4, 0.5) is 5.82 Å². The molecule has 0 spiro atoms. The molecule has 0 radical (unpaired) electrons. The van der Waals surface area contributed by atoms with Gasteiger partial charge in [-0.1, -0.05) is 20.3 Å². The van der Waals surface area contributed by atoms with Gasteiger partial charge in [0.25, 0.3) is 5.91 Å². The lowest BCUT2D eigenvalue weighted by atomic mass is 10.1. The molecule has 0 unspecified atom stereocenters. The minimum absolute atomic E-state index is 0.0142. The van der Waals surface area contributed by atoms with Gasteiger partial charge >= 0.3 is 0 Å². The van der Waals surface area contributed by atoms with Gasteiger partial charge < -0.3 is 15.1 Å². The number of unbranched alkanes of at least 4 members (excludes halogenated alkanes) is 1. The van der Waals surface area contributed by atoms with Gasteiger partial charge in [-0.2, -0.15) is 0 Å². The molecule has 0 aliphatic carbocycles. The van der Waals surface area contributed by atoms with Crippen LogP contribution in [0.1, 0.15) is 55.6 Å². The molecule has 1 amide bonds. The molecule has 0 saturated carbocycles. The first-order valence-electron chi connectivity index (χ1n) is 10.2. The monoisotopic (exact) mass is 371 g/mol. The van der Waals surface area contributed by atoms with Crippen molar-refractivity contribution in [1.29, 1.82) is 0 Å². The van der Waals surface area contributed by atoms with Crippen LogP contribution in [0.5, 0.6) is 0 Å². The molecular weight excluding hydrogens is 338 g/mol. The summed E-state index contributed by atoms with van der Waals surface area (Å²) in [6.45, 7) is 7.40. The average molecular weight is 372 g/mol. The van der Waals surface area contributed by atoms with Gasteiger partial charge in [0.2, 0.25) is 0 Å². The summed E-state index contributed by atoms with van der Waals surface area (Å²) < 4.78 is 2.08. The number of pyridine rings is 1. The molecular formula is C21H33N5O. The number of aromatic nitrogens is 2. The van der Waals surface area contributed by atoms with Crippen LogP contribution >= 0.6 is 0 Å². The van der Waals surface area contributed by atoms with Gasteiger partial charge in [-0.05, 0) is 58.0 Å². The van der Waals surface area contributed by atoms with Crippen molar-refractivity contribution in [3.05, 3.63) is 29.6 Å². The Labute approximate surface area is 162 Å². The van der Waals surface area contributed by atoms with Gasteiger partial charge in [-0.3, -0.25) is 9.20 Å². The number of rotatable bonds is 7. The largest absolute Gasteiger partial charge is 0.359 e. The summed E-state index contributed by atoms with van der Waals surface area (Å²) in [7, 11) is 4.25. The van der Waals surface area contributed by atoms with Crippen molar-refractivity contribution in [2.75, 3.05) is 38.6 Å².